The summed E-state index contributed by atoms with van der Waals surface area (Å²) < 4.78 is 0. The second-order valence-corrected chi connectivity index (χ2v) is 8.28. The molecule has 154 valence electrons. The zero-order chi connectivity index (χ0) is 21.7. The summed E-state index contributed by atoms with van der Waals surface area (Å²) >= 11 is 7.19. The minimum Gasteiger partial charge on any atom is -0.325 e. The van der Waals surface area contributed by atoms with Gasteiger partial charge in [-0.1, -0.05) is 47.6 Å². The molecule has 7 heteroatoms. The Morgan fingerprint density at radius 1 is 0.967 bits per heavy atom. The molecular formula is C23H22ClN3O2S. The van der Waals surface area contributed by atoms with Crippen LogP contribution in [0.4, 0.5) is 11.4 Å². The highest BCUT2D eigenvalue weighted by Crippen LogP contribution is 2.26. The van der Waals surface area contributed by atoms with Gasteiger partial charge in [0, 0.05) is 22.1 Å². The summed E-state index contributed by atoms with van der Waals surface area (Å²) in [6, 6.07) is 16.4. The van der Waals surface area contributed by atoms with Gasteiger partial charge in [-0.05, 0) is 62.2 Å². The molecule has 0 spiro atoms. The van der Waals surface area contributed by atoms with Crippen LogP contribution >= 0.6 is 23.4 Å². The SMILES string of the molecule is Cc1cc(C)c(C(=O)Nc2ccccc2C)c(SCC(=O)Nc2cccc(Cl)c2)n1. The van der Waals surface area contributed by atoms with Crippen LogP contribution in [0, 0.1) is 20.8 Å². The van der Waals surface area contributed by atoms with Gasteiger partial charge in [0.25, 0.3) is 5.91 Å². The number of amides is 2. The molecule has 0 bridgehead atoms. The van der Waals surface area contributed by atoms with E-state index in [1.165, 1.54) is 11.8 Å². The molecule has 0 unspecified atom stereocenters. The Hall–Kier alpha value is -2.83. The van der Waals surface area contributed by atoms with E-state index in [-0.39, 0.29) is 17.6 Å². The van der Waals surface area contributed by atoms with Crippen molar-refractivity contribution in [2.45, 2.75) is 25.8 Å². The van der Waals surface area contributed by atoms with Crippen molar-refractivity contribution in [3.05, 3.63) is 82.0 Å². The third-order valence-electron chi connectivity index (χ3n) is 4.38. The quantitative estimate of drug-likeness (QED) is 0.487. The molecule has 5 nitrogen and oxygen atoms in total. The molecule has 0 aliphatic rings. The number of rotatable bonds is 6. The van der Waals surface area contributed by atoms with Crippen LogP contribution in [0.2, 0.25) is 5.02 Å². The summed E-state index contributed by atoms with van der Waals surface area (Å²) in [6.45, 7) is 5.68. The largest absolute Gasteiger partial charge is 0.325 e. The second-order valence-electron chi connectivity index (χ2n) is 6.88. The van der Waals surface area contributed by atoms with E-state index in [4.69, 9.17) is 11.6 Å². The topological polar surface area (TPSA) is 71.1 Å². The number of hydrogen-bond donors (Lipinski definition) is 2. The third-order valence-corrected chi connectivity index (χ3v) is 5.59. The number of pyridine rings is 1. The monoisotopic (exact) mass is 439 g/mol. The van der Waals surface area contributed by atoms with Gasteiger partial charge in [-0.15, -0.1) is 0 Å². The fourth-order valence-electron chi connectivity index (χ4n) is 2.98. The van der Waals surface area contributed by atoms with E-state index in [0.29, 0.717) is 21.3 Å². The lowest BCUT2D eigenvalue weighted by Crippen LogP contribution is -2.18. The molecule has 0 saturated carbocycles. The Labute approximate surface area is 185 Å². The molecule has 3 rings (SSSR count). The van der Waals surface area contributed by atoms with Gasteiger partial charge < -0.3 is 10.6 Å². The van der Waals surface area contributed by atoms with Crippen LogP contribution < -0.4 is 10.6 Å². The highest BCUT2D eigenvalue weighted by atomic mass is 35.5. The van der Waals surface area contributed by atoms with E-state index < -0.39 is 0 Å². The van der Waals surface area contributed by atoms with E-state index in [1.54, 1.807) is 24.3 Å². The fourth-order valence-corrected chi connectivity index (χ4v) is 4.12. The van der Waals surface area contributed by atoms with E-state index in [0.717, 1.165) is 22.5 Å². The molecule has 3 aromatic rings. The van der Waals surface area contributed by atoms with Gasteiger partial charge in [0.05, 0.1) is 11.3 Å². The summed E-state index contributed by atoms with van der Waals surface area (Å²) in [5.41, 5.74) is 4.42. The summed E-state index contributed by atoms with van der Waals surface area (Å²) in [6.07, 6.45) is 0. The maximum atomic E-state index is 13.0. The molecule has 1 aromatic heterocycles. The van der Waals surface area contributed by atoms with E-state index in [9.17, 15) is 9.59 Å². The Morgan fingerprint density at radius 2 is 1.73 bits per heavy atom. The van der Waals surface area contributed by atoms with Gasteiger partial charge in [-0.3, -0.25) is 9.59 Å². The zero-order valence-corrected chi connectivity index (χ0v) is 18.5. The Bertz CT molecular complexity index is 1100. The molecule has 0 saturated heterocycles. The van der Waals surface area contributed by atoms with E-state index in [1.807, 2.05) is 51.1 Å². The average molecular weight is 440 g/mol. The van der Waals surface area contributed by atoms with Crippen LogP contribution in [0.15, 0.2) is 59.6 Å². The van der Waals surface area contributed by atoms with Crippen LogP contribution in [0.1, 0.15) is 27.2 Å². The zero-order valence-electron chi connectivity index (χ0n) is 17.0. The predicted molar refractivity (Wildman–Crippen MR) is 124 cm³/mol. The molecule has 0 atom stereocenters. The lowest BCUT2D eigenvalue weighted by atomic mass is 10.1. The van der Waals surface area contributed by atoms with E-state index >= 15 is 0 Å². The second kappa shape index (κ2) is 9.78. The van der Waals surface area contributed by atoms with Crippen molar-refractivity contribution in [1.29, 1.82) is 0 Å². The average Bonchev–Trinajstić information content (AvgIpc) is 2.67. The number of nitrogens with zero attached hydrogens (tertiary/aromatic N) is 1. The van der Waals surface area contributed by atoms with Gasteiger partial charge in [0.1, 0.15) is 5.03 Å². The number of anilines is 2. The number of aryl methyl sites for hydroxylation is 3. The van der Waals surface area contributed by atoms with Crippen molar-refractivity contribution >= 4 is 46.6 Å². The summed E-state index contributed by atoms with van der Waals surface area (Å²) in [5.74, 6) is -0.326. The Kier molecular flexibility index (Phi) is 7.13. The highest BCUT2D eigenvalue weighted by Gasteiger charge is 2.19. The van der Waals surface area contributed by atoms with Crippen LogP contribution in [0.25, 0.3) is 0 Å². The van der Waals surface area contributed by atoms with Crippen LogP contribution in [0.5, 0.6) is 0 Å². The Balaban J connectivity index is 1.76. The lowest BCUT2D eigenvalue weighted by molar-refractivity contribution is -0.113. The molecular weight excluding hydrogens is 418 g/mol. The van der Waals surface area contributed by atoms with Crippen LogP contribution in [0.3, 0.4) is 0 Å². The third kappa shape index (κ3) is 5.62. The van der Waals surface area contributed by atoms with Crippen LogP contribution in [-0.4, -0.2) is 22.6 Å². The van der Waals surface area contributed by atoms with Crippen molar-refractivity contribution in [2.24, 2.45) is 0 Å². The number of carbonyl (C=O) groups is 2. The number of carbonyl (C=O) groups excluding carboxylic acids is 2. The number of nitrogens with one attached hydrogen (secondary N) is 2. The van der Waals surface area contributed by atoms with Crippen LogP contribution in [-0.2, 0) is 4.79 Å². The first-order valence-electron chi connectivity index (χ1n) is 9.37. The molecule has 2 amide bonds. The molecule has 2 aromatic carbocycles. The minimum atomic E-state index is -0.243. The fraction of sp³-hybridized carbons (Fsp3) is 0.174. The first kappa shape index (κ1) is 21.9. The smallest absolute Gasteiger partial charge is 0.258 e. The molecule has 0 fully saturated rings. The van der Waals surface area contributed by atoms with Crippen molar-refractivity contribution in [3.63, 3.8) is 0 Å². The first-order valence-corrected chi connectivity index (χ1v) is 10.7. The van der Waals surface area contributed by atoms with E-state index in [2.05, 4.69) is 15.6 Å². The van der Waals surface area contributed by atoms with Gasteiger partial charge in [-0.2, -0.15) is 0 Å². The van der Waals surface area contributed by atoms with Crippen molar-refractivity contribution < 1.29 is 9.59 Å². The molecule has 30 heavy (non-hydrogen) atoms. The first-order chi connectivity index (χ1) is 14.3. The van der Waals surface area contributed by atoms with Crippen molar-refractivity contribution in [1.82, 2.24) is 4.98 Å². The molecule has 0 radical (unpaired) electrons. The van der Waals surface area contributed by atoms with Gasteiger partial charge in [0.15, 0.2) is 0 Å². The number of benzene rings is 2. The number of halogens is 1. The predicted octanol–water partition coefficient (Wildman–Crippen LogP) is 5.64. The number of thioether (sulfide) groups is 1. The summed E-state index contributed by atoms with van der Waals surface area (Å²) in [5, 5.41) is 6.83. The van der Waals surface area contributed by atoms with Gasteiger partial charge in [0.2, 0.25) is 5.91 Å². The number of aromatic nitrogens is 1. The molecule has 0 aliphatic heterocycles. The molecule has 2 N–H and O–H groups in total. The lowest BCUT2D eigenvalue weighted by Gasteiger charge is -2.14. The standard InChI is InChI=1S/C23H22ClN3O2S/c1-14-7-4-5-10-19(14)27-22(29)21-15(2)11-16(3)25-23(21)30-13-20(28)26-18-9-6-8-17(24)12-18/h4-12H,13H2,1-3H3,(H,26,28)(H,27,29). The Morgan fingerprint density at radius 3 is 2.47 bits per heavy atom. The van der Waals surface area contributed by atoms with Gasteiger partial charge in [-0.25, -0.2) is 4.98 Å². The van der Waals surface area contributed by atoms with Gasteiger partial charge >= 0.3 is 0 Å². The maximum Gasteiger partial charge on any atom is 0.258 e. The van der Waals surface area contributed by atoms with Crippen molar-refractivity contribution in [3.8, 4) is 0 Å². The molecule has 1 heterocycles. The van der Waals surface area contributed by atoms with Crippen molar-refractivity contribution in [2.75, 3.05) is 16.4 Å². The highest BCUT2D eigenvalue weighted by molar-refractivity contribution is 8.00. The molecule has 0 aliphatic carbocycles. The maximum absolute atomic E-state index is 13.0. The summed E-state index contributed by atoms with van der Waals surface area (Å²) in [4.78, 5) is 29.9. The number of hydrogen-bond acceptors (Lipinski definition) is 4. The number of para-hydroxylation sites is 1. The minimum absolute atomic E-state index is 0.118. The normalized spacial score (nSPS) is 10.5. The summed E-state index contributed by atoms with van der Waals surface area (Å²) in [7, 11) is 0.